The van der Waals surface area contributed by atoms with Gasteiger partial charge in [-0.15, -0.1) is 11.3 Å². The normalized spacial score (nSPS) is 13.8. The van der Waals surface area contributed by atoms with Gasteiger partial charge >= 0.3 is 5.97 Å². The number of anilines is 1. The molecule has 5 rings (SSSR count). The molecule has 1 N–H and O–H groups in total. The molecular weight excluding hydrogens is 494 g/mol. The lowest BCUT2D eigenvalue weighted by Crippen LogP contribution is -2.36. The Bertz CT molecular complexity index is 1500. The summed E-state index contributed by atoms with van der Waals surface area (Å²) in [7, 11) is 0. The van der Waals surface area contributed by atoms with Crippen molar-refractivity contribution in [1.29, 1.82) is 5.26 Å². The van der Waals surface area contributed by atoms with E-state index in [2.05, 4.69) is 54.5 Å². The molecule has 192 valence electrons. The number of aromatic nitrogens is 1. The second kappa shape index (κ2) is 11.1. The molecule has 7 heteroatoms. The van der Waals surface area contributed by atoms with E-state index in [1.54, 1.807) is 11.3 Å². The Morgan fingerprint density at radius 1 is 1.08 bits per heavy atom. The number of nitriles is 1. The number of piperidine rings is 1. The summed E-state index contributed by atoms with van der Waals surface area (Å²) in [5.74, 6) is -0.179. The summed E-state index contributed by atoms with van der Waals surface area (Å²) in [5.41, 5.74) is 8.04. The second-order valence-electron chi connectivity index (χ2n) is 9.73. The van der Waals surface area contributed by atoms with Crippen molar-refractivity contribution in [2.45, 2.75) is 33.3 Å². The number of aryl methyl sites for hydroxylation is 2. The van der Waals surface area contributed by atoms with Gasteiger partial charge in [0.1, 0.15) is 12.4 Å². The number of ether oxygens (including phenoxy) is 1. The number of rotatable bonds is 7. The third-order valence-electron chi connectivity index (χ3n) is 7.09. The van der Waals surface area contributed by atoms with Crippen LogP contribution in [0.3, 0.4) is 0 Å². The maximum absolute atomic E-state index is 11.3. The molecular formula is C31H29N3O3S. The molecule has 0 atom stereocenters. The first-order chi connectivity index (χ1) is 18.4. The van der Waals surface area contributed by atoms with E-state index in [0.717, 1.165) is 50.0 Å². The van der Waals surface area contributed by atoms with Crippen molar-refractivity contribution in [3.05, 3.63) is 88.3 Å². The first kappa shape index (κ1) is 25.5. The monoisotopic (exact) mass is 523 g/mol. The molecule has 1 aromatic heterocycles. The third kappa shape index (κ3) is 5.56. The number of thiazole rings is 1. The largest absolute Gasteiger partial charge is 0.488 e. The number of hydrogen-bond acceptors (Lipinski definition) is 6. The smallest absolute Gasteiger partial charge is 0.306 e. The molecule has 1 aliphatic heterocycles. The first-order valence-electron chi connectivity index (χ1n) is 12.7. The molecule has 4 aromatic rings. The first-order valence-corrected chi connectivity index (χ1v) is 13.6. The summed E-state index contributed by atoms with van der Waals surface area (Å²) >= 11 is 1.59. The molecule has 0 radical (unpaired) electrons. The summed E-state index contributed by atoms with van der Waals surface area (Å²) in [6, 6.07) is 22.3. The standard InChI is InChI=1S/C31H29N3O3S/c1-20-3-10-29(27(15-20)28-19-38-31(33-28)34-13-11-24(12-14-34)30(35)36)37-18-26-9-8-25(16-21(26)2)23-6-4-22(17-32)5-7-23/h3-10,15-16,19,24H,11-14,18H2,1-2H3,(H,35,36). The zero-order valence-electron chi connectivity index (χ0n) is 21.5. The maximum atomic E-state index is 11.3. The Morgan fingerprint density at radius 2 is 1.82 bits per heavy atom. The summed E-state index contributed by atoms with van der Waals surface area (Å²) in [5, 5.41) is 21.3. The van der Waals surface area contributed by atoms with Gasteiger partial charge < -0.3 is 14.7 Å². The highest BCUT2D eigenvalue weighted by atomic mass is 32.1. The van der Waals surface area contributed by atoms with Crippen LogP contribution in [0.1, 0.15) is 35.1 Å². The Labute approximate surface area is 226 Å². The number of nitrogens with zero attached hydrogens (tertiary/aromatic N) is 3. The molecule has 0 amide bonds. The highest BCUT2D eigenvalue weighted by molar-refractivity contribution is 7.14. The van der Waals surface area contributed by atoms with Gasteiger partial charge in [-0.3, -0.25) is 4.79 Å². The third-order valence-corrected chi connectivity index (χ3v) is 7.99. The van der Waals surface area contributed by atoms with E-state index in [9.17, 15) is 9.90 Å². The fourth-order valence-electron chi connectivity index (χ4n) is 4.75. The molecule has 1 aliphatic rings. The van der Waals surface area contributed by atoms with E-state index in [-0.39, 0.29) is 5.92 Å². The second-order valence-corrected chi connectivity index (χ2v) is 10.6. The van der Waals surface area contributed by atoms with Gasteiger partial charge in [-0.05, 0) is 73.2 Å². The van der Waals surface area contributed by atoms with Crippen LogP contribution in [0.25, 0.3) is 22.4 Å². The Kier molecular flexibility index (Phi) is 7.43. The van der Waals surface area contributed by atoms with E-state index >= 15 is 0 Å². The number of aliphatic carboxylic acids is 1. The zero-order valence-corrected chi connectivity index (χ0v) is 22.3. The van der Waals surface area contributed by atoms with Crippen LogP contribution in [-0.2, 0) is 11.4 Å². The number of carboxylic acid groups (broad SMARTS) is 1. The van der Waals surface area contributed by atoms with Crippen LogP contribution in [-0.4, -0.2) is 29.1 Å². The summed E-state index contributed by atoms with van der Waals surface area (Å²) in [6.07, 6.45) is 1.29. The Morgan fingerprint density at radius 3 is 2.50 bits per heavy atom. The number of carboxylic acids is 1. The van der Waals surface area contributed by atoms with Gasteiger partial charge in [0.25, 0.3) is 0 Å². The fraction of sp³-hybridized carbons (Fsp3) is 0.258. The van der Waals surface area contributed by atoms with Crippen LogP contribution in [0, 0.1) is 31.1 Å². The Hall–Kier alpha value is -4.15. The minimum Gasteiger partial charge on any atom is -0.488 e. The highest BCUT2D eigenvalue weighted by Gasteiger charge is 2.26. The van der Waals surface area contributed by atoms with Gasteiger partial charge in [-0.25, -0.2) is 4.98 Å². The quantitative estimate of drug-likeness (QED) is 0.285. The van der Waals surface area contributed by atoms with Crippen LogP contribution >= 0.6 is 11.3 Å². The van der Waals surface area contributed by atoms with Crippen molar-refractivity contribution in [2.75, 3.05) is 18.0 Å². The van der Waals surface area contributed by atoms with Crippen LogP contribution in [0.4, 0.5) is 5.13 Å². The number of carbonyl (C=O) groups is 1. The van der Waals surface area contributed by atoms with E-state index in [1.165, 1.54) is 0 Å². The molecule has 0 saturated carbocycles. The lowest BCUT2D eigenvalue weighted by atomic mass is 9.97. The van der Waals surface area contributed by atoms with Gasteiger partial charge in [0, 0.05) is 24.0 Å². The van der Waals surface area contributed by atoms with Crippen LogP contribution in [0.15, 0.2) is 66.0 Å². The average Bonchev–Trinajstić information content (AvgIpc) is 3.43. The van der Waals surface area contributed by atoms with Gasteiger partial charge in [0.15, 0.2) is 5.13 Å². The molecule has 0 unspecified atom stereocenters. The maximum Gasteiger partial charge on any atom is 0.306 e. The predicted molar refractivity (Wildman–Crippen MR) is 151 cm³/mol. The van der Waals surface area contributed by atoms with Crippen molar-refractivity contribution in [2.24, 2.45) is 5.92 Å². The molecule has 1 fully saturated rings. The fourth-order valence-corrected chi connectivity index (χ4v) is 5.63. The molecule has 0 spiro atoms. The van der Waals surface area contributed by atoms with E-state index < -0.39 is 5.97 Å². The van der Waals surface area contributed by atoms with Gasteiger partial charge in [0.05, 0.1) is 23.2 Å². The molecule has 1 saturated heterocycles. The van der Waals surface area contributed by atoms with Gasteiger partial charge in [0.2, 0.25) is 0 Å². The highest BCUT2D eigenvalue weighted by Crippen LogP contribution is 2.36. The van der Waals surface area contributed by atoms with Crippen molar-refractivity contribution >= 4 is 22.4 Å². The molecule has 38 heavy (non-hydrogen) atoms. The lowest BCUT2D eigenvalue weighted by molar-refractivity contribution is -0.142. The van der Waals surface area contributed by atoms with Crippen molar-refractivity contribution in [3.63, 3.8) is 0 Å². The van der Waals surface area contributed by atoms with Crippen LogP contribution in [0.5, 0.6) is 5.75 Å². The molecule has 0 bridgehead atoms. The summed E-state index contributed by atoms with van der Waals surface area (Å²) in [4.78, 5) is 18.4. The zero-order chi connectivity index (χ0) is 26.6. The van der Waals surface area contributed by atoms with Gasteiger partial charge in [-0.1, -0.05) is 42.0 Å². The summed E-state index contributed by atoms with van der Waals surface area (Å²) < 4.78 is 6.33. The van der Waals surface area contributed by atoms with E-state index in [4.69, 9.17) is 15.0 Å². The van der Waals surface area contributed by atoms with Crippen molar-refractivity contribution in [1.82, 2.24) is 4.98 Å². The summed E-state index contributed by atoms with van der Waals surface area (Å²) in [6.45, 7) is 6.00. The molecule has 3 aromatic carbocycles. The van der Waals surface area contributed by atoms with Crippen LogP contribution < -0.4 is 9.64 Å². The van der Waals surface area contributed by atoms with Crippen LogP contribution in [0.2, 0.25) is 0 Å². The molecule has 2 heterocycles. The number of hydrogen-bond donors (Lipinski definition) is 1. The SMILES string of the molecule is Cc1ccc(OCc2ccc(-c3ccc(C#N)cc3)cc2C)c(-c2csc(N3CCC(C(=O)O)CC3)n2)c1. The minimum atomic E-state index is -0.704. The Balaban J connectivity index is 1.31. The van der Waals surface area contributed by atoms with Crippen molar-refractivity contribution < 1.29 is 14.6 Å². The predicted octanol–water partition coefficient (Wildman–Crippen LogP) is 6.85. The number of benzene rings is 3. The topological polar surface area (TPSA) is 86.5 Å². The van der Waals surface area contributed by atoms with E-state index in [1.807, 2.05) is 36.4 Å². The minimum absolute atomic E-state index is 0.260. The van der Waals surface area contributed by atoms with Crippen molar-refractivity contribution in [3.8, 4) is 34.2 Å². The lowest BCUT2D eigenvalue weighted by Gasteiger charge is -2.29. The molecule has 6 nitrogen and oxygen atoms in total. The molecule has 0 aliphatic carbocycles. The van der Waals surface area contributed by atoms with E-state index in [0.29, 0.717) is 38.1 Å². The van der Waals surface area contributed by atoms with Gasteiger partial charge in [-0.2, -0.15) is 5.26 Å². The average molecular weight is 524 g/mol.